The number of amides is 1. The minimum Gasteiger partial charge on any atom is -0.494 e. The second-order valence-corrected chi connectivity index (χ2v) is 6.36. The van der Waals surface area contributed by atoms with Crippen molar-refractivity contribution >= 4 is 5.91 Å². The van der Waals surface area contributed by atoms with E-state index in [0.717, 1.165) is 29.9 Å². The molecule has 3 aromatic rings. The predicted octanol–water partition coefficient (Wildman–Crippen LogP) is 4.08. The number of ether oxygens (including phenoxy) is 1. The van der Waals surface area contributed by atoms with Crippen molar-refractivity contribution in [1.82, 2.24) is 15.1 Å². The number of rotatable bonds is 7. The van der Waals surface area contributed by atoms with E-state index < -0.39 is 17.5 Å². The Morgan fingerprint density at radius 3 is 2.61 bits per heavy atom. The minimum absolute atomic E-state index is 0.0737. The Balaban J connectivity index is 1.73. The fraction of sp³-hybridized carbons (Fsp3) is 0.238. The first-order chi connectivity index (χ1) is 13.5. The van der Waals surface area contributed by atoms with Crippen LogP contribution in [0.25, 0.3) is 11.3 Å². The largest absolute Gasteiger partial charge is 0.494 e. The van der Waals surface area contributed by atoms with E-state index in [1.807, 2.05) is 31.2 Å². The van der Waals surface area contributed by atoms with Gasteiger partial charge in [-0.05, 0) is 36.2 Å². The highest BCUT2D eigenvalue weighted by atomic mass is 19.1. The molecular weight excluding hydrogens is 364 g/mol. The Morgan fingerprint density at radius 1 is 1.18 bits per heavy atom. The van der Waals surface area contributed by atoms with Crippen LogP contribution in [0.4, 0.5) is 8.78 Å². The van der Waals surface area contributed by atoms with E-state index >= 15 is 0 Å². The van der Waals surface area contributed by atoms with Gasteiger partial charge in [-0.2, -0.15) is 5.10 Å². The highest BCUT2D eigenvalue weighted by Gasteiger charge is 2.20. The van der Waals surface area contributed by atoms with Gasteiger partial charge in [0.05, 0.1) is 12.2 Å². The number of aromatic nitrogens is 2. The highest BCUT2D eigenvalue weighted by molar-refractivity contribution is 5.99. The van der Waals surface area contributed by atoms with Crippen LogP contribution in [-0.4, -0.2) is 22.3 Å². The Morgan fingerprint density at radius 2 is 1.93 bits per heavy atom. The summed E-state index contributed by atoms with van der Waals surface area (Å²) in [6.45, 7) is 2.99. The fourth-order valence-electron chi connectivity index (χ4n) is 2.74. The van der Waals surface area contributed by atoms with Crippen molar-refractivity contribution in [3.63, 3.8) is 0 Å². The molecule has 0 aliphatic carbocycles. The molecule has 1 aromatic heterocycles. The lowest BCUT2D eigenvalue weighted by atomic mass is 10.1. The van der Waals surface area contributed by atoms with Gasteiger partial charge in [-0.3, -0.25) is 9.48 Å². The molecule has 2 aromatic carbocycles. The molecule has 0 aliphatic heterocycles. The number of carbonyl (C=O) groups is 1. The van der Waals surface area contributed by atoms with Crippen molar-refractivity contribution in [2.24, 2.45) is 7.05 Å². The zero-order chi connectivity index (χ0) is 20.1. The van der Waals surface area contributed by atoms with Crippen LogP contribution in [0.5, 0.6) is 5.75 Å². The molecule has 5 nitrogen and oxygen atoms in total. The summed E-state index contributed by atoms with van der Waals surface area (Å²) in [5.74, 6) is -1.07. The third-order valence-corrected chi connectivity index (χ3v) is 4.11. The number of halogens is 2. The SMILES string of the molecule is CCCOc1ccc(CNC(=O)c2cn(C)nc2-c2ccc(F)cc2F)cc1. The minimum atomic E-state index is -0.768. The first-order valence-corrected chi connectivity index (χ1v) is 8.97. The van der Waals surface area contributed by atoms with Crippen LogP contribution in [-0.2, 0) is 13.6 Å². The van der Waals surface area contributed by atoms with Gasteiger partial charge in [-0.15, -0.1) is 0 Å². The monoisotopic (exact) mass is 385 g/mol. The third-order valence-electron chi connectivity index (χ3n) is 4.11. The van der Waals surface area contributed by atoms with E-state index in [1.165, 1.54) is 16.9 Å². The average molecular weight is 385 g/mol. The van der Waals surface area contributed by atoms with Gasteiger partial charge in [0.2, 0.25) is 0 Å². The molecule has 3 rings (SSSR count). The predicted molar refractivity (Wildman–Crippen MR) is 102 cm³/mol. The van der Waals surface area contributed by atoms with Crippen molar-refractivity contribution in [1.29, 1.82) is 0 Å². The maximum atomic E-state index is 14.1. The summed E-state index contributed by atoms with van der Waals surface area (Å²) in [7, 11) is 1.64. The second kappa shape index (κ2) is 8.65. The Hall–Kier alpha value is -3.22. The van der Waals surface area contributed by atoms with Gasteiger partial charge in [-0.1, -0.05) is 19.1 Å². The molecule has 0 spiro atoms. The molecule has 1 amide bonds. The standard InChI is InChI=1S/C21H21F2N3O2/c1-3-10-28-16-7-4-14(5-8-16)12-24-21(27)18-13-26(2)25-20(18)17-9-6-15(22)11-19(17)23/h4-9,11,13H,3,10,12H2,1-2H3,(H,24,27). The van der Waals surface area contributed by atoms with Gasteiger partial charge in [0, 0.05) is 31.4 Å². The molecule has 0 saturated heterocycles. The summed E-state index contributed by atoms with van der Waals surface area (Å²) in [6, 6.07) is 10.6. The van der Waals surface area contributed by atoms with Crippen molar-refractivity contribution < 1.29 is 18.3 Å². The van der Waals surface area contributed by atoms with Crippen molar-refractivity contribution in [3.8, 4) is 17.0 Å². The van der Waals surface area contributed by atoms with Crippen molar-refractivity contribution in [3.05, 3.63) is 71.4 Å². The number of hydrogen-bond donors (Lipinski definition) is 1. The smallest absolute Gasteiger partial charge is 0.255 e. The van der Waals surface area contributed by atoms with Gasteiger partial charge < -0.3 is 10.1 Å². The number of nitrogens with one attached hydrogen (secondary N) is 1. The van der Waals surface area contributed by atoms with Gasteiger partial charge in [0.25, 0.3) is 5.91 Å². The molecule has 0 radical (unpaired) electrons. The lowest BCUT2D eigenvalue weighted by Gasteiger charge is -2.08. The summed E-state index contributed by atoms with van der Waals surface area (Å²) in [5.41, 5.74) is 1.36. The molecule has 1 N–H and O–H groups in total. The van der Waals surface area contributed by atoms with Crippen LogP contribution >= 0.6 is 0 Å². The summed E-state index contributed by atoms with van der Waals surface area (Å²) in [4.78, 5) is 12.6. The van der Waals surface area contributed by atoms with E-state index in [0.29, 0.717) is 13.2 Å². The number of carbonyl (C=O) groups excluding carboxylic acids is 1. The van der Waals surface area contributed by atoms with E-state index in [9.17, 15) is 13.6 Å². The van der Waals surface area contributed by atoms with Crippen molar-refractivity contribution in [2.75, 3.05) is 6.61 Å². The van der Waals surface area contributed by atoms with Crippen molar-refractivity contribution in [2.45, 2.75) is 19.9 Å². The molecule has 0 unspecified atom stereocenters. The van der Waals surface area contributed by atoms with Crippen LogP contribution < -0.4 is 10.1 Å². The average Bonchev–Trinajstić information content (AvgIpc) is 3.06. The molecule has 146 valence electrons. The molecule has 7 heteroatoms. The maximum absolute atomic E-state index is 14.1. The summed E-state index contributed by atoms with van der Waals surface area (Å²) in [5, 5.41) is 6.97. The van der Waals surface area contributed by atoms with E-state index in [1.54, 1.807) is 7.05 Å². The Labute approximate surface area is 161 Å². The number of aryl methyl sites for hydroxylation is 1. The first kappa shape index (κ1) is 19.5. The molecule has 0 atom stereocenters. The van der Waals surface area contributed by atoms with E-state index in [-0.39, 0.29) is 16.8 Å². The summed E-state index contributed by atoms with van der Waals surface area (Å²) < 4.78 is 34.3. The number of hydrogen-bond acceptors (Lipinski definition) is 3. The van der Waals surface area contributed by atoms with E-state index in [4.69, 9.17) is 4.74 Å². The molecule has 0 saturated carbocycles. The van der Waals surface area contributed by atoms with Crippen LogP contribution in [0.2, 0.25) is 0 Å². The Bertz CT molecular complexity index is 968. The van der Waals surface area contributed by atoms with E-state index in [2.05, 4.69) is 10.4 Å². The normalized spacial score (nSPS) is 10.7. The maximum Gasteiger partial charge on any atom is 0.255 e. The van der Waals surface area contributed by atoms with Crippen LogP contribution in [0, 0.1) is 11.6 Å². The zero-order valence-corrected chi connectivity index (χ0v) is 15.7. The van der Waals surface area contributed by atoms with Gasteiger partial charge >= 0.3 is 0 Å². The summed E-state index contributed by atoms with van der Waals surface area (Å²) >= 11 is 0. The topological polar surface area (TPSA) is 56.1 Å². The molecule has 1 heterocycles. The second-order valence-electron chi connectivity index (χ2n) is 6.36. The van der Waals surface area contributed by atoms with Crippen LogP contribution in [0.1, 0.15) is 29.3 Å². The molecule has 0 fully saturated rings. The first-order valence-electron chi connectivity index (χ1n) is 8.97. The number of nitrogens with zero attached hydrogens (tertiary/aromatic N) is 2. The zero-order valence-electron chi connectivity index (χ0n) is 15.7. The number of benzene rings is 2. The molecular formula is C21H21F2N3O2. The van der Waals surface area contributed by atoms with Gasteiger partial charge in [0.1, 0.15) is 23.1 Å². The fourth-order valence-corrected chi connectivity index (χ4v) is 2.74. The lowest BCUT2D eigenvalue weighted by molar-refractivity contribution is 0.0951. The lowest BCUT2D eigenvalue weighted by Crippen LogP contribution is -2.23. The molecule has 0 bridgehead atoms. The quantitative estimate of drug-likeness (QED) is 0.667. The van der Waals surface area contributed by atoms with Crippen LogP contribution in [0.15, 0.2) is 48.7 Å². The third kappa shape index (κ3) is 4.54. The van der Waals surface area contributed by atoms with Gasteiger partial charge in [0.15, 0.2) is 0 Å². The summed E-state index contributed by atoms with van der Waals surface area (Å²) in [6.07, 6.45) is 2.44. The highest BCUT2D eigenvalue weighted by Crippen LogP contribution is 2.25. The molecule has 0 aliphatic rings. The Kier molecular flexibility index (Phi) is 6.03. The van der Waals surface area contributed by atoms with Crippen LogP contribution in [0.3, 0.4) is 0 Å². The molecule has 28 heavy (non-hydrogen) atoms. The van der Waals surface area contributed by atoms with Gasteiger partial charge in [-0.25, -0.2) is 8.78 Å².